The Kier molecular flexibility index (Phi) is 25.9. The van der Waals surface area contributed by atoms with E-state index in [2.05, 4.69) is 0 Å². The minimum Gasteiger partial charge on any atom is -0.790 e. The molecule has 0 rings (SSSR count). The molecule has 18 N–H and O–H groups in total. The number of rotatable bonds is 0. The van der Waals surface area contributed by atoms with Crippen LogP contribution in [0.1, 0.15) is 0 Å². The van der Waals surface area contributed by atoms with Crippen molar-refractivity contribution in [2.24, 2.45) is 0 Å². The molecule has 0 aliphatic heterocycles. The predicted molar refractivity (Wildman–Crippen MR) is 64.6 cm³/mol. The van der Waals surface area contributed by atoms with E-state index in [1.165, 1.54) is 0 Å². The van der Waals surface area contributed by atoms with Crippen molar-refractivity contribution in [2.75, 3.05) is 0 Å². The highest BCUT2D eigenvalue weighted by Gasteiger charge is 2.01. The van der Waals surface area contributed by atoms with Gasteiger partial charge in [0.15, 0.2) is 0 Å². The Morgan fingerprint density at radius 1 is 0.455 bits per heavy atom. The highest BCUT2D eigenvalue weighted by Crippen LogP contribution is 2.26. The highest BCUT2D eigenvalue weighted by molar-refractivity contribution is 7.45. The van der Waals surface area contributed by atoms with E-state index in [9.17, 15) is 0 Å². The fourth-order valence-corrected chi connectivity index (χ4v) is 0. The first-order chi connectivity index (χ1) is 8.00. The van der Waals surface area contributed by atoms with Crippen LogP contribution >= 0.6 is 31.3 Å². The molecule has 0 amide bonds. The Balaban J connectivity index is -0.0000000376. The highest BCUT2D eigenvalue weighted by atomic mass is 31.2. The summed E-state index contributed by atoms with van der Waals surface area (Å²) in [6.45, 7) is 0. The van der Waals surface area contributed by atoms with Crippen LogP contribution in [-0.2, 0) is 18.3 Å². The van der Waals surface area contributed by atoms with Crippen LogP contribution in [0.4, 0.5) is 0 Å². The van der Waals surface area contributed by atoms with Crippen LogP contribution in [0.5, 0.6) is 0 Å². The van der Waals surface area contributed by atoms with E-state index in [0.29, 0.717) is 0 Å². The van der Waals surface area contributed by atoms with Gasteiger partial charge in [-0.3, -0.25) is 0 Å². The maximum absolute atomic E-state index is 8.88. The Hall–Kier alpha value is 0.360. The Morgan fingerprint density at radius 3 is 0.455 bits per heavy atom. The fraction of sp³-hybridized carbons (Fsp3) is 0. The van der Waals surface area contributed by atoms with Gasteiger partial charge in [0, 0.05) is 0 Å². The summed E-state index contributed by atoms with van der Waals surface area (Å²) >= 11 is 0. The smallest absolute Gasteiger partial charge is 0.466 e. The van der Waals surface area contributed by atoms with Gasteiger partial charge in [0.1, 0.15) is 0 Å². The van der Waals surface area contributed by atoms with Crippen molar-refractivity contribution < 1.29 is 77.0 Å². The van der Waals surface area contributed by atoms with Gasteiger partial charge >= 0.3 is 23.5 Å². The van der Waals surface area contributed by atoms with Crippen molar-refractivity contribution in [3.05, 3.63) is 0 Å². The van der Waals surface area contributed by atoms with Crippen molar-refractivity contribution in [3.8, 4) is 0 Å². The molecule has 0 aliphatic rings. The zero-order chi connectivity index (χ0) is 18.0. The van der Waals surface area contributed by atoms with E-state index in [4.69, 9.17) is 77.0 Å². The predicted octanol–water partition coefficient (Wildman–Crippen LogP) is -4.23. The standard InChI is InChI=1S/2H3N.4H3O4P/c;;4*1-5(2,3)4/h2*1H3;4*(H3,1,2,3,4). The first-order valence-electron chi connectivity index (χ1n) is 3.10. The van der Waals surface area contributed by atoms with Crippen LogP contribution in [0.3, 0.4) is 0 Å². The van der Waals surface area contributed by atoms with Gasteiger partial charge in [-0.1, -0.05) is 0 Å². The molecule has 0 aromatic rings. The summed E-state index contributed by atoms with van der Waals surface area (Å²) in [6.07, 6.45) is 0. The second-order valence-corrected chi connectivity index (χ2v) is 6.03. The number of phosphoric acid groups is 4. The molecule has 0 fully saturated rings. The average Bonchev–Trinajstić information content (AvgIpc) is 1.62. The van der Waals surface area contributed by atoms with Crippen molar-refractivity contribution >= 4 is 31.3 Å². The van der Waals surface area contributed by atoms with E-state index >= 15 is 0 Å². The normalized spacial score (nSPS) is 10.7. The van der Waals surface area contributed by atoms with Gasteiger partial charge in [-0.25, -0.2) is 13.7 Å². The SMILES string of the molecule is O=P(O)(O)O.O=P(O)(O)O.O=P(O)(O)O.O=P([O-])([O-])O.[NH4+].[NH4+]. The second kappa shape index (κ2) is 14.9. The summed E-state index contributed by atoms with van der Waals surface area (Å²) in [4.78, 5) is 89.0. The summed E-state index contributed by atoms with van der Waals surface area (Å²) in [5.74, 6) is 0. The Morgan fingerprint density at radius 2 is 0.455 bits per heavy atom. The molecular weight excluding hydrogens is 408 g/mol. The monoisotopic (exact) mass is 426 g/mol. The van der Waals surface area contributed by atoms with E-state index in [1.807, 2.05) is 0 Å². The summed E-state index contributed by atoms with van der Waals surface area (Å²) in [5.41, 5.74) is 0. The van der Waals surface area contributed by atoms with E-state index in [0.717, 1.165) is 0 Å². The molecule has 0 aromatic heterocycles. The maximum atomic E-state index is 8.88. The van der Waals surface area contributed by atoms with Gasteiger partial charge < -0.3 is 75.6 Å². The summed E-state index contributed by atoms with van der Waals surface area (Å²) in [7, 11) is -19.1. The lowest BCUT2D eigenvalue weighted by molar-refractivity contribution is -0.337. The van der Waals surface area contributed by atoms with Gasteiger partial charge in [-0.2, -0.15) is 0 Å². The lowest BCUT2D eigenvalue weighted by Crippen LogP contribution is -2.11. The molecular formula is H18N2O16P4. The van der Waals surface area contributed by atoms with Crippen molar-refractivity contribution in [3.63, 3.8) is 0 Å². The first-order valence-corrected chi connectivity index (χ1v) is 9.29. The van der Waals surface area contributed by atoms with Gasteiger partial charge in [0.05, 0.1) is 7.82 Å². The summed E-state index contributed by atoms with van der Waals surface area (Å²) in [5, 5.41) is 0. The first kappa shape index (κ1) is 38.1. The number of hydrogen-bond donors (Lipinski definition) is 12. The summed E-state index contributed by atoms with van der Waals surface area (Å²) in [6, 6.07) is 0. The van der Waals surface area contributed by atoms with Crippen molar-refractivity contribution in [2.45, 2.75) is 0 Å². The van der Waals surface area contributed by atoms with Crippen LogP contribution in [0.2, 0.25) is 0 Å². The van der Waals surface area contributed by atoms with Crippen LogP contribution in [0.25, 0.3) is 0 Å². The molecule has 0 unspecified atom stereocenters. The van der Waals surface area contributed by atoms with Gasteiger partial charge in [-0.05, 0) is 0 Å². The van der Waals surface area contributed by atoms with Crippen LogP contribution in [-0.4, -0.2) is 48.9 Å². The zero-order valence-corrected chi connectivity index (χ0v) is 14.3. The zero-order valence-electron chi connectivity index (χ0n) is 10.7. The third kappa shape index (κ3) is 58900. The van der Waals surface area contributed by atoms with Crippen LogP contribution in [0, 0.1) is 0 Å². The minimum atomic E-state index is -5.14. The molecule has 0 radical (unpaired) electrons. The molecule has 0 spiro atoms. The molecule has 0 saturated heterocycles. The fourth-order valence-electron chi connectivity index (χ4n) is 0. The number of hydrogen-bond acceptors (Lipinski definition) is 6. The third-order valence-electron chi connectivity index (χ3n) is 0. The van der Waals surface area contributed by atoms with E-state index < -0.39 is 31.3 Å². The summed E-state index contributed by atoms with van der Waals surface area (Å²) < 4.78 is 35.3. The van der Waals surface area contributed by atoms with Crippen LogP contribution < -0.4 is 22.1 Å². The van der Waals surface area contributed by atoms with E-state index in [-0.39, 0.29) is 12.3 Å². The molecule has 0 aliphatic carbocycles. The van der Waals surface area contributed by atoms with Crippen molar-refractivity contribution in [1.29, 1.82) is 0 Å². The molecule has 0 saturated carbocycles. The topological polar surface area (TPSA) is 390 Å². The largest absolute Gasteiger partial charge is 0.790 e. The molecule has 0 heterocycles. The Labute approximate surface area is 121 Å². The molecule has 22 heavy (non-hydrogen) atoms. The van der Waals surface area contributed by atoms with Gasteiger partial charge in [-0.15, -0.1) is 0 Å². The quantitative estimate of drug-likeness (QED) is 0.163. The lowest BCUT2D eigenvalue weighted by atomic mass is 14.0. The second-order valence-electron chi connectivity index (χ2n) is 2.01. The third-order valence-corrected chi connectivity index (χ3v) is 0. The lowest BCUT2D eigenvalue weighted by Gasteiger charge is -2.19. The Bertz CT molecular complexity index is 289. The molecule has 18 nitrogen and oxygen atoms in total. The molecule has 22 heteroatoms. The molecule has 0 bridgehead atoms. The maximum Gasteiger partial charge on any atom is 0.466 e. The number of quaternary nitrogens is 2. The minimum absolute atomic E-state index is 0. The molecule has 144 valence electrons. The van der Waals surface area contributed by atoms with Gasteiger partial charge in [0.2, 0.25) is 0 Å². The van der Waals surface area contributed by atoms with Gasteiger partial charge in [0.25, 0.3) is 0 Å². The van der Waals surface area contributed by atoms with Crippen molar-refractivity contribution in [1.82, 2.24) is 12.3 Å². The average molecular weight is 426 g/mol. The molecule has 0 aromatic carbocycles. The van der Waals surface area contributed by atoms with Crippen LogP contribution in [0.15, 0.2) is 0 Å². The van der Waals surface area contributed by atoms with E-state index in [1.54, 1.807) is 0 Å². The molecule has 0 atom stereocenters.